The predicted octanol–water partition coefficient (Wildman–Crippen LogP) is 2.77. The Morgan fingerprint density at radius 2 is 1.96 bits per heavy atom. The number of nitrogens with zero attached hydrogens (tertiary/aromatic N) is 1. The lowest BCUT2D eigenvalue weighted by Gasteiger charge is -2.13. The molecule has 4 rings (SSSR count). The minimum atomic E-state index is -1.26. The first-order valence-electron chi connectivity index (χ1n) is 7.79. The van der Waals surface area contributed by atoms with E-state index >= 15 is 0 Å². The summed E-state index contributed by atoms with van der Waals surface area (Å²) in [6.07, 6.45) is -1.71. The van der Waals surface area contributed by atoms with Crippen LogP contribution in [-0.2, 0) is 19.0 Å². The van der Waals surface area contributed by atoms with Gasteiger partial charge in [0.1, 0.15) is 17.7 Å². The number of cyclic esters (lactones) is 1. The summed E-state index contributed by atoms with van der Waals surface area (Å²) >= 11 is 0. The molecule has 2 aliphatic rings. The van der Waals surface area contributed by atoms with E-state index in [4.69, 9.17) is 18.7 Å². The molecule has 3 heterocycles. The smallest absolute Gasteiger partial charge is 0.315 e. The number of hydrogen-bond donors (Lipinski definition) is 0. The second-order valence-corrected chi connectivity index (χ2v) is 6.05. The minimum Gasteiger partial charge on any atom is -0.462 e. The van der Waals surface area contributed by atoms with E-state index in [0.717, 1.165) is 0 Å². The second kappa shape index (κ2) is 5.99. The van der Waals surface area contributed by atoms with Gasteiger partial charge in [-0.2, -0.15) is 4.39 Å². The number of fused-ring (bicyclic) bond motifs is 1. The molecule has 0 N–H and O–H groups in total. The largest absolute Gasteiger partial charge is 0.462 e. The third-order valence-corrected chi connectivity index (χ3v) is 4.64. The van der Waals surface area contributed by atoms with Gasteiger partial charge in [-0.25, -0.2) is 4.39 Å². The van der Waals surface area contributed by atoms with Crippen molar-refractivity contribution in [1.82, 2.24) is 5.16 Å². The van der Waals surface area contributed by atoms with Crippen LogP contribution in [0.25, 0.3) is 11.0 Å². The van der Waals surface area contributed by atoms with Crippen LogP contribution in [0.5, 0.6) is 0 Å². The summed E-state index contributed by atoms with van der Waals surface area (Å²) in [4.78, 5) is 12.1. The molecule has 134 valence electrons. The van der Waals surface area contributed by atoms with Crippen LogP contribution in [0.1, 0.15) is 30.4 Å². The van der Waals surface area contributed by atoms with Crippen LogP contribution in [0.4, 0.5) is 13.2 Å². The molecule has 2 aliphatic heterocycles. The van der Waals surface area contributed by atoms with Gasteiger partial charge in [0.15, 0.2) is 12.1 Å². The van der Waals surface area contributed by atoms with E-state index in [1.54, 1.807) is 6.92 Å². The Kier molecular flexibility index (Phi) is 3.92. The minimum absolute atomic E-state index is 0.0187. The fourth-order valence-electron chi connectivity index (χ4n) is 3.31. The van der Waals surface area contributed by atoms with Gasteiger partial charge in [0.2, 0.25) is 11.4 Å². The number of benzene rings is 1. The molecule has 25 heavy (non-hydrogen) atoms. The lowest BCUT2D eigenvalue weighted by Crippen LogP contribution is -2.20. The van der Waals surface area contributed by atoms with Crippen molar-refractivity contribution in [2.24, 2.45) is 5.92 Å². The summed E-state index contributed by atoms with van der Waals surface area (Å²) < 4.78 is 62.4. The second-order valence-electron chi connectivity index (χ2n) is 6.05. The fraction of sp³-hybridized carbons (Fsp3) is 0.500. The monoisotopic (exact) mass is 357 g/mol. The Morgan fingerprint density at radius 1 is 1.24 bits per heavy atom. The molecule has 2 aromatic rings. The van der Waals surface area contributed by atoms with Gasteiger partial charge < -0.3 is 18.7 Å². The fourth-order valence-corrected chi connectivity index (χ4v) is 3.31. The molecule has 2 saturated heterocycles. The quantitative estimate of drug-likeness (QED) is 0.787. The normalized spacial score (nSPS) is 27.4. The molecular weight excluding hydrogens is 343 g/mol. The van der Waals surface area contributed by atoms with Crippen molar-refractivity contribution in [3.05, 3.63) is 29.0 Å². The zero-order valence-corrected chi connectivity index (χ0v) is 13.1. The van der Waals surface area contributed by atoms with Crippen LogP contribution in [0.2, 0.25) is 0 Å². The van der Waals surface area contributed by atoms with E-state index in [0.29, 0.717) is 0 Å². The molecule has 0 spiro atoms. The van der Waals surface area contributed by atoms with Gasteiger partial charge in [0, 0.05) is 16.9 Å². The van der Waals surface area contributed by atoms with Gasteiger partial charge in [-0.1, -0.05) is 5.16 Å². The Balaban J connectivity index is 1.87. The number of aromatic nitrogens is 1. The Labute approximate surface area is 139 Å². The Hall–Kier alpha value is -2.13. The lowest BCUT2D eigenvalue weighted by atomic mass is 9.88. The van der Waals surface area contributed by atoms with Crippen LogP contribution in [0.15, 0.2) is 10.6 Å². The molecule has 0 saturated carbocycles. The van der Waals surface area contributed by atoms with E-state index < -0.39 is 54.1 Å². The molecule has 0 radical (unpaired) electrons. The molecule has 1 aromatic heterocycles. The highest BCUT2D eigenvalue weighted by molar-refractivity contribution is 5.89. The van der Waals surface area contributed by atoms with Gasteiger partial charge in [-0.3, -0.25) is 9.18 Å². The zero-order chi connectivity index (χ0) is 17.7. The molecular formula is C16H14F3NO5. The number of ether oxygens (including phenoxy) is 3. The number of hydrogen-bond acceptors (Lipinski definition) is 6. The standard InChI is InChI=1S/C16H14F3NO5/c1-6-9(5-17)10(15(21)24-6)13-8-4-7(16-22-2-3-23-16)11(18)12(19)14(8)25-20-13/h4,6,9-10,16H,2-3,5H2,1H3/t6-,9+,10?/m1/s1. The van der Waals surface area contributed by atoms with Gasteiger partial charge in [-0.05, 0) is 13.0 Å². The van der Waals surface area contributed by atoms with Crippen LogP contribution in [-0.4, -0.2) is 37.1 Å². The molecule has 2 fully saturated rings. The zero-order valence-electron chi connectivity index (χ0n) is 13.1. The van der Waals surface area contributed by atoms with Crippen molar-refractivity contribution in [3.8, 4) is 0 Å². The summed E-state index contributed by atoms with van der Waals surface area (Å²) in [6.45, 7) is 1.24. The van der Waals surface area contributed by atoms with E-state index in [1.165, 1.54) is 6.07 Å². The third kappa shape index (κ3) is 2.41. The molecule has 1 aromatic carbocycles. The first-order chi connectivity index (χ1) is 12.0. The number of esters is 1. The first kappa shape index (κ1) is 16.3. The summed E-state index contributed by atoms with van der Waals surface area (Å²) in [7, 11) is 0. The molecule has 0 bridgehead atoms. The summed E-state index contributed by atoms with van der Waals surface area (Å²) in [6, 6.07) is 1.27. The third-order valence-electron chi connectivity index (χ3n) is 4.64. The topological polar surface area (TPSA) is 70.8 Å². The highest BCUT2D eigenvalue weighted by Gasteiger charge is 2.46. The predicted molar refractivity (Wildman–Crippen MR) is 76.3 cm³/mol. The maximum atomic E-state index is 14.4. The Morgan fingerprint density at radius 3 is 2.64 bits per heavy atom. The molecule has 0 amide bonds. The number of alkyl halides is 1. The maximum absolute atomic E-state index is 14.4. The summed E-state index contributed by atoms with van der Waals surface area (Å²) in [5.74, 6) is -4.95. The Bertz CT molecular complexity index is 833. The number of carbonyl (C=O) groups is 1. The van der Waals surface area contributed by atoms with E-state index in [9.17, 15) is 18.0 Å². The van der Waals surface area contributed by atoms with Crippen molar-refractivity contribution in [3.63, 3.8) is 0 Å². The van der Waals surface area contributed by atoms with Gasteiger partial charge in [0.05, 0.1) is 19.9 Å². The van der Waals surface area contributed by atoms with Crippen molar-refractivity contribution in [2.75, 3.05) is 19.9 Å². The van der Waals surface area contributed by atoms with Crippen molar-refractivity contribution in [1.29, 1.82) is 0 Å². The van der Waals surface area contributed by atoms with E-state index in [2.05, 4.69) is 5.16 Å². The summed E-state index contributed by atoms with van der Waals surface area (Å²) in [5, 5.41) is 3.77. The molecule has 0 aliphatic carbocycles. The van der Waals surface area contributed by atoms with Crippen molar-refractivity contribution in [2.45, 2.75) is 25.2 Å². The SMILES string of the molecule is C[C@H]1OC(=O)C(c2noc3c(F)c(F)c(C4OCCO4)cc23)[C@H]1CF. The van der Waals surface area contributed by atoms with Gasteiger partial charge in [-0.15, -0.1) is 0 Å². The maximum Gasteiger partial charge on any atom is 0.315 e. The van der Waals surface area contributed by atoms with Crippen molar-refractivity contribution < 1.29 is 36.7 Å². The van der Waals surface area contributed by atoms with Crippen LogP contribution in [0, 0.1) is 17.6 Å². The number of rotatable bonds is 3. The van der Waals surface area contributed by atoms with E-state index in [-0.39, 0.29) is 29.9 Å². The number of carbonyl (C=O) groups excluding carboxylic acids is 1. The highest BCUT2D eigenvalue weighted by atomic mass is 19.2. The van der Waals surface area contributed by atoms with E-state index in [1.807, 2.05) is 0 Å². The van der Waals surface area contributed by atoms with Crippen molar-refractivity contribution >= 4 is 16.9 Å². The average molecular weight is 357 g/mol. The van der Waals surface area contributed by atoms with Crippen LogP contribution >= 0.6 is 0 Å². The molecule has 9 heteroatoms. The van der Waals surface area contributed by atoms with Gasteiger partial charge in [0.25, 0.3) is 0 Å². The molecule has 1 unspecified atom stereocenters. The summed E-state index contributed by atoms with van der Waals surface area (Å²) in [5.41, 5.74) is -0.590. The highest BCUT2D eigenvalue weighted by Crippen LogP contribution is 2.41. The van der Waals surface area contributed by atoms with Gasteiger partial charge >= 0.3 is 5.97 Å². The lowest BCUT2D eigenvalue weighted by molar-refractivity contribution is -0.142. The number of halogens is 3. The van der Waals surface area contributed by atoms with Crippen LogP contribution in [0.3, 0.4) is 0 Å². The first-order valence-corrected chi connectivity index (χ1v) is 7.79. The molecule has 3 atom stereocenters. The molecule has 6 nitrogen and oxygen atoms in total. The van der Waals surface area contributed by atoms with Crippen LogP contribution < -0.4 is 0 Å². The average Bonchev–Trinajstić information content (AvgIpc) is 3.29.